The molecule has 0 aliphatic rings. The lowest BCUT2D eigenvalue weighted by atomic mass is 10.0. The van der Waals surface area contributed by atoms with Crippen LogP contribution in [0.25, 0.3) is 0 Å². The molecule has 5 nitrogen and oxygen atoms in total. The van der Waals surface area contributed by atoms with Crippen molar-refractivity contribution >= 4 is 0 Å². The zero-order chi connectivity index (χ0) is 10.4. The summed E-state index contributed by atoms with van der Waals surface area (Å²) in [6, 6.07) is 0. The molecule has 0 aromatic rings. The molecule has 0 aromatic heterocycles. The topological polar surface area (TPSA) is 101 Å². The molecule has 0 rings (SSSR count). The third-order valence-electron chi connectivity index (χ3n) is 1.90. The van der Waals surface area contributed by atoms with Gasteiger partial charge in [0.2, 0.25) is 0 Å². The van der Waals surface area contributed by atoms with E-state index in [1.54, 1.807) is 0 Å². The van der Waals surface area contributed by atoms with Gasteiger partial charge in [0.05, 0.1) is 12.2 Å². The van der Waals surface area contributed by atoms with E-state index in [0.29, 0.717) is 6.42 Å². The predicted octanol–water partition coefficient (Wildman–Crippen LogP) is -1.78. The van der Waals surface area contributed by atoms with Gasteiger partial charge in [-0.15, -0.1) is 0 Å². The standard InChI is InChI=1S/C8H18O5/c1-5(10)7(12)8(13)6(11)3-2-4-9/h5-13H,2-4H2,1H3/t5-,6+,7-,8+/m1/s1. The second kappa shape index (κ2) is 6.28. The summed E-state index contributed by atoms with van der Waals surface area (Å²) in [6.45, 7) is 1.25. The van der Waals surface area contributed by atoms with Gasteiger partial charge in [-0.05, 0) is 19.8 Å². The highest BCUT2D eigenvalue weighted by atomic mass is 16.4. The van der Waals surface area contributed by atoms with Crippen molar-refractivity contribution < 1.29 is 25.5 Å². The molecule has 80 valence electrons. The summed E-state index contributed by atoms with van der Waals surface area (Å²) in [6.07, 6.45) is -4.37. The summed E-state index contributed by atoms with van der Waals surface area (Å²) in [5, 5.41) is 45.0. The van der Waals surface area contributed by atoms with Gasteiger partial charge in [0.15, 0.2) is 0 Å². The molecule has 0 unspecified atom stereocenters. The van der Waals surface area contributed by atoms with Gasteiger partial charge in [-0.25, -0.2) is 0 Å². The molecule has 0 aliphatic carbocycles. The van der Waals surface area contributed by atoms with Crippen LogP contribution in [0.1, 0.15) is 19.8 Å². The maximum absolute atomic E-state index is 9.24. The third kappa shape index (κ3) is 4.54. The number of hydrogen-bond donors (Lipinski definition) is 5. The number of aliphatic hydroxyl groups is 5. The Morgan fingerprint density at radius 1 is 1.00 bits per heavy atom. The minimum absolute atomic E-state index is 0.0748. The van der Waals surface area contributed by atoms with Crippen LogP contribution in [-0.4, -0.2) is 56.6 Å². The van der Waals surface area contributed by atoms with Crippen LogP contribution in [-0.2, 0) is 0 Å². The molecule has 5 heteroatoms. The Morgan fingerprint density at radius 3 is 1.92 bits per heavy atom. The molecule has 0 saturated carbocycles. The molecule has 13 heavy (non-hydrogen) atoms. The van der Waals surface area contributed by atoms with Gasteiger partial charge in [-0.1, -0.05) is 0 Å². The quantitative estimate of drug-likeness (QED) is 0.344. The highest BCUT2D eigenvalue weighted by Gasteiger charge is 2.27. The first-order valence-corrected chi connectivity index (χ1v) is 4.33. The molecule has 0 saturated heterocycles. The van der Waals surface area contributed by atoms with Crippen molar-refractivity contribution in [2.45, 2.75) is 44.2 Å². The number of hydrogen-bond acceptors (Lipinski definition) is 5. The van der Waals surface area contributed by atoms with Gasteiger partial charge in [-0.3, -0.25) is 0 Å². The zero-order valence-corrected chi connectivity index (χ0v) is 7.67. The summed E-state index contributed by atoms with van der Waals surface area (Å²) < 4.78 is 0. The minimum atomic E-state index is -1.37. The molecule has 0 amide bonds. The second-order valence-corrected chi connectivity index (χ2v) is 3.15. The average molecular weight is 194 g/mol. The fourth-order valence-corrected chi connectivity index (χ4v) is 0.984. The van der Waals surface area contributed by atoms with Crippen LogP contribution in [0.5, 0.6) is 0 Å². The van der Waals surface area contributed by atoms with E-state index in [0.717, 1.165) is 0 Å². The molecule has 5 N–H and O–H groups in total. The molecular formula is C8H18O5. The molecule has 0 bridgehead atoms. The van der Waals surface area contributed by atoms with Crippen LogP contribution in [0.3, 0.4) is 0 Å². The summed E-state index contributed by atoms with van der Waals surface area (Å²) in [7, 11) is 0. The molecule has 0 aromatic carbocycles. The Morgan fingerprint density at radius 2 is 1.54 bits per heavy atom. The van der Waals surface area contributed by atoms with E-state index in [1.165, 1.54) is 6.92 Å². The van der Waals surface area contributed by atoms with Gasteiger partial charge < -0.3 is 25.5 Å². The van der Waals surface area contributed by atoms with E-state index in [2.05, 4.69) is 0 Å². The minimum Gasteiger partial charge on any atom is -0.396 e. The second-order valence-electron chi connectivity index (χ2n) is 3.15. The monoisotopic (exact) mass is 194 g/mol. The van der Waals surface area contributed by atoms with Gasteiger partial charge in [0.1, 0.15) is 12.2 Å². The smallest absolute Gasteiger partial charge is 0.108 e. The van der Waals surface area contributed by atoms with Crippen molar-refractivity contribution in [1.29, 1.82) is 0 Å². The first-order valence-electron chi connectivity index (χ1n) is 4.33. The van der Waals surface area contributed by atoms with Crippen molar-refractivity contribution in [2.24, 2.45) is 0 Å². The molecule has 4 atom stereocenters. The molecular weight excluding hydrogens is 176 g/mol. The van der Waals surface area contributed by atoms with E-state index in [9.17, 15) is 10.2 Å². The molecule has 0 fully saturated rings. The van der Waals surface area contributed by atoms with Crippen molar-refractivity contribution in [2.75, 3.05) is 6.61 Å². The first kappa shape index (κ1) is 12.8. The van der Waals surface area contributed by atoms with Crippen molar-refractivity contribution in [1.82, 2.24) is 0 Å². The summed E-state index contributed by atoms with van der Waals surface area (Å²) in [5.74, 6) is 0. The van der Waals surface area contributed by atoms with Gasteiger partial charge >= 0.3 is 0 Å². The maximum Gasteiger partial charge on any atom is 0.108 e. The Bertz CT molecular complexity index is 128. The Hall–Kier alpha value is -0.200. The van der Waals surface area contributed by atoms with E-state index in [1.807, 2.05) is 0 Å². The lowest BCUT2D eigenvalue weighted by molar-refractivity contribution is -0.102. The largest absolute Gasteiger partial charge is 0.396 e. The van der Waals surface area contributed by atoms with Crippen LogP contribution in [0, 0.1) is 0 Å². The van der Waals surface area contributed by atoms with E-state index < -0.39 is 24.4 Å². The zero-order valence-electron chi connectivity index (χ0n) is 7.67. The van der Waals surface area contributed by atoms with E-state index in [-0.39, 0.29) is 13.0 Å². The lowest BCUT2D eigenvalue weighted by Gasteiger charge is -2.24. The highest BCUT2D eigenvalue weighted by Crippen LogP contribution is 2.08. The maximum atomic E-state index is 9.24. The third-order valence-corrected chi connectivity index (χ3v) is 1.90. The fourth-order valence-electron chi connectivity index (χ4n) is 0.984. The first-order chi connectivity index (χ1) is 6.00. The van der Waals surface area contributed by atoms with Crippen LogP contribution in [0.2, 0.25) is 0 Å². The van der Waals surface area contributed by atoms with Crippen LogP contribution >= 0.6 is 0 Å². The number of rotatable bonds is 6. The Kier molecular flexibility index (Phi) is 6.19. The fraction of sp³-hybridized carbons (Fsp3) is 1.00. The summed E-state index contributed by atoms with van der Waals surface area (Å²) in [4.78, 5) is 0. The normalized spacial score (nSPS) is 20.8. The molecule has 0 spiro atoms. The highest BCUT2D eigenvalue weighted by molar-refractivity contribution is 4.78. The van der Waals surface area contributed by atoms with Crippen molar-refractivity contribution in [3.05, 3.63) is 0 Å². The molecule has 0 radical (unpaired) electrons. The van der Waals surface area contributed by atoms with Crippen LogP contribution < -0.4 is 0 Å². The predicted molar refractivity (Wildman–Crippen MR) is 46.0 cm³/mol. The average Bonchev–Trinajstić information content (AvgIpc) is 2.11. The van der Waals surface area contributed by atoms with E-state index in [4.69, 9.17) is 15.3 Å². The van der Waals surface area contributed by atoms with Crippen molar-refractivity contribution in [3.8, 4) is 0 Å². The van der Waals surface area contributed by atoms with Crippen molar-refractivity contribution in [3.63, 3.8) is 0 Å². The SMILES string of the molecule is C[C@@H](O)[C@@H](O)[C@@H](O)[C@@H](O)CCCO. The Labute approximate surface area is 77.3 Å². The summed E-state index contributed by atoms with van der Waals surface area (Å²) >= 11 is 0. The lowest BCUT2D eigenvalue weighted by Crippen LogP contribution is -2.43. The van der Waals surface area contributed by atoms with Gasteiger partial charge in [-0.2, -0.15) is 0 Å². The van der Waals surface area contributed by atoms with Gasteiger partial charge in [0, 0.05) is 6.61 Å². The van der Waals surface area contributed by atoms with Crippen LogP contribution in [0.4, 0.5) is 0 Å². The Balaban J connectivity index is 3.86. The molecule has 0 heterocycles. The molecule has 0 aliphatic heterocycles. The summed E-state index contributed by atoms with van der Waals surface area (Å²) in [5.41, 5.74) is 0. The van der Waals surface area contributed by atoms with E-state index >= 15 is 0 Å². The van der Waals surface area contributed by atoms with Gasteiger partial charge in [0.25, 0.3) is 0 Å². The number of aliphatic hydroxyl groups excluding tert-OH is 5. The van der Waals surface area contributed by atoms with Crippen LogP contribution in [0.15, 0.2) is 0 Å².